The van der Waals surface area contributed by atoms with Gasteiger partial charge in [0.25, 0.3) is 0 Å². The van der Waals surface area contributed by atoms with Crippen molar-refractivity contribution < 1.29 is 8.42 Å². The van der Waals surface area contributed by atoms with Crippen molar-refractivity contribution in [2.75, 3.05) is 0 Å². The van der Waals surface area contributed by atoms with Gasteiger partial charge in [0.15, 0.2) is 0 Å². The van der Waals surface area contributed by atoms with E-state index in [1.165, 1.54) is 6.07 Å². The topological polar surface area (TPSA) is 46.2 Å². The number of halogens is 2. The number of benzene rings is 1. The first-order chi connectivity index (χ1) is 8.49. The maximum absolute atomic E-state index is 12.0. The zero-order valence-corrected chi connectivity index (χ0v) is 12.2. The minimum atomic E-state index is -3.56. The fourth-order valence-electron chi connectivity index (χ4n) is 1.30. The predicted molar refractivity (Wildman–Crippen MR) is 74.8 cm³/mol. The Morgan fingerprint density at radius 3 is 2.39 bits per heavy atom. The third kappa shape index (κ3) is 3.24. The van der Waals surface area contributed by atoms with Crippen LogP contribution in [0.5, 0.6) is 0 Å². The van der Waals surface area contributed by atoms with E-state index in [4.69, 9.17) is 23.2 Å². The first-order valence-electron chi connectivity index (χ1n) is 4.97. The highest BCUT2D eigenvalue weighted by atomic mass is 35.5. The van der Waals surface area contributed by atoms with Gasteiger partial charge in [-0.15, -0.1) is 11.3 Å². The summed E-state index contributed by atoms with van der Waals surface area (Å²) in [6.45, 7) is 0.232. The van der Waals surface area contributed by atoms with Gasteiger partial charge in [0.05, 0.1) is 5.02 Å². The van der Waals surface area contributed by atoms with E-state index in [9.17, 15) is 8.42 Å². The number of rotatable bonds is 4. The van der Waals surface area contributed by atoms with Gasteiger partial charge in [0, 0.05) is 6.54 Å². The van der Waals surface area contributed by atoms with Crippen LogP contribution in [-0.2, 0) is 16.6 Å². The van der Waals surface area contributed by atoms with Crippen LogP contribution in [-0.4, -0.2) is 8.42 Å². The average Bonchev–Trinajstić information content (AvgIpc) is 2.70. The summed E-state index contributed by atoms with van der Waals surface area (Å²) in [5.74, 6) is 0. The highest BCUT2D eigenvalue weighted by molar-refractivity contribution is 7.91. The van der Waals surface area contributed by atoms with Gasteiger partial charge in [-0.1, -0.05) is 53.5 Å². The van der Waals surface area contributed by atoms with Crippen molar-refractivity contribution in [3.63, 3.8) is 0 Å². The Morgan fingerprint density at radius 2 is 1.83 bits per heavy atom. The number of thiophene rings is 1. The number of nitrogens with one attached hydrogen (secondary N) is 1. The molecule has 0 bridgehead atoms. The molecule has 0 unspecified atom stereocenters. The first-order valence-corrected chi connectivity index (χ1v) is 8.03. The van der Waals surface area contributed by atoms with Gasteiger partial charge in [-0.2, -0.15) is 0 Å². The molecule has 0 aliphatic heterocycles. The summed E-state index contributed by atoms with van der Waals surface area (Å²) in [7, 11) is -3.56. The maximum Gasteiger partial charge on any atom is 0.250 e. The lowest BCUT2D eigenvalue weighted by Crippen LogP contribution is -2.22. The highest BCUT2D eigenvalue weighted by Crippen LogP contribution is 2.34. The second-order valence-corrected chi connectivity index (χ2v) is 7.55. The molecule has 0 spiro atoms. The van der Waals surface area contributed by atoms with Gasteiger partial charge in [-0.25, -0.2) is 13.1 Å². The molecule has 0 aliphatic rings. The largest absolute Gasteiger partial charge is 0.250 e. The molecular formula is C11H9Cl2NO2S2. The predicted octanol–water partition coefficient (Wildman–Crippen LogP) is 3.53. The van der Waals surface area contributed by atoms with E-state index in [0.29, 0.717) is 0 Å². The van der Waals surface area contributed by atoms with Crippen LogP contribution >= 0.6 is 34.5 Å². The Morgan fingerprint density at radius 1 is 1.17 bits per heavy atom. The van der Waals surface area contributed by atoms with E-state index in [-0.39, 0.29) is 20.1 Å². The zero-order chi connectivity index (χ0) is 13.2. The van der Waals surface area contributed by atoms with Gasteiger partial charge in [0.2, 0.25) is 10.0 Å². The lowest BCUT2D eigenvalue weighted by molar-refractivity contribution is 0.583. The molecule has 0 amide bonds. The molecule has 7 heteroatoms. The van der Waals surface area contributed by atoms with Crippen molar-refractivity contribution in [1.29, 1.82) is 0 Å². The molecule has 3 nitrogen and oxygen atoms in total. The number of hydrogen-bond acceptors (Lipinski definition) is 3. The van der Waals surface area contributed by atoms with Crippen LogP contribution in [0.15, 0.2) is 40.6 Å². The van der Waals surface area contributed by atoms with Crippen molar-refractivity contribution in [3.8, 4) is 0 Å². The van der Waals surface area contributed by atoms with E-state index in [0.717, 1.165) is 16.9 Å². The van der Waals surface area contributed by atoms with Gasteiger partial charge < -0.3 is 0 Å². The minimum Gasteiger partial charge on any atom is -0.206 e. The summed E-state index contributed by atoms with van der Waals surface area (Å²) in [5.41, 5.74) is 0.884. The minimum absolute atomic E-state index is 0.119. The zero-order valence-electron chi connectivity index (χ0n) is 9.06. The molecule has 0 saturated heterocycles. The standard InChI is InChI=1S/C11H9Cl2NO2S2/c12-9-6-10(17-11(9)13)18(15,16)14-7-8-4-2-1-3-5-8/h1-6,14H,7H2. The Labute approximate surface area is 119 Å². The van der Waals surface area contributed by atoms with Crippen molar-refractivity contribution in [2.24, 2.45) is 0 Å². The van der Waals surface area contributed by atoms with Crippen LogP contribution in [0.3, 0.4) is 0 Å². The van der Waals surface area contributed by atoms with Gasteiger partial charge in [-0.3, -0.25) is 0 Å². The summed E-state index contributed by atoms with van der Waals surface area (Å²) >= 11 is 12.4. The third-order valence-electron chi connectivity index (χ3n) is 2.20. The van der Waals surface area contributed by atoms with E-state index in [1.807, 2.05) is 30.3 Å². The van der Waals surface area contributed by atoms with Crippen LogP contribution in [0.2, 0.25) is 9.36 Å². The molecule has 1 heterocycles. The molecule has 0 saturated carbocycles. The smallest absolute Gasteiger partial charge is 0.206 e. The number of sulfonamides is 1. The summed E-state index contributed by atoms with van der Waals surface area (Å²) in [4.78, 5) is 0. The Bertz CT molecular complexity index is 619. The lowest BCUT2D eigenvalue weighted by Gasteiger charge is -2.04. The monoisotopic (exact) mass is 321 g/mol. The summed E-state index contributed by atoms with van der Waals surface area (Å²) in [6.07, 6.45) is 0. The summed E-state index contributed by atoms with van der Waals surface area (Å²) in [5, 5.41) is 0.252. The lowest BCUT2D eigenvalue weighted by atomic mass is 10.2. The first kappa shape index (κ1) is 13.8. The molecule has 0 aliphatic carbocycles. The molecule has 0 atom stereocenters. The van der Waals surface area contributed by atoms with Crippen molar-refractivity contribution in [1.82, 2.24) is 4.72 Å². The Balaban J connectivity index is 2.13. The SMILES string of the molecule is O=S(=O)(NCc1ccccc1)c1cc(Cl)c(Cl)s1. The average molecular weight is 322 g/mol. The third-order valence-corrected chi connectivity index (χ3v) is 5.94. The molecule has 1 N–H and O–H groups in total. The molecule has 0 fully saturated rings. The fraction of sp³-hybridized carbons (Fsp3) is 0.0909. The van der Waals surface area contributed by atoms with Crippen molar-refractivity contribution >= 4 is 44.6 Å². The van der Waals surface area contributed by atoms with Crippen molar-refractivity contribution in [2.45, 2.75) is 10.8 Å². The van der Waals surface area contributed by atoms with Gasteiger partial charge in [-0.05, 0) is 11.6 Å². The molecule has 18 heavy (non-hydrogen) atoms. The second kappa shape index (κ2) is 5.59. The van der Waals surface area contributed by atoms with Crippen molar-refractivity contribution in [3.05, 3.63) is 51.3 Å². The molecule has 0 radical (unpaired) electrons. The molecule has 1 aromatic heterocycles. The molecule has 1 aromatic carbocycles. The maximum atomic E-state index is 12.0. The summed E-state index contributed by atoms with van der Waals surface area (Å²) in [6, 6.07) is 10.6. The van der Waals surface area contributed by atoms with E-state index in [1.54, 1.807) is 0 Å². The molecular weight excluding hydrogens is 313 g/mol. The molecule has 2 rings (SSSR count). The van der Waals surface area contributed by atoms with Crippen LogP contribution in [0.1, 0.15) is 5.56 Å². The van der Waals surface area contributed by atoms with Gasteiger partial charge in [0.1, 0.15) is 8.55 Å². The number of hydrogen-bond donors (Lipinski definition) is 1. The fourth-order valence-corrected chi connectivity index (χ4v) is 4.25. The second-order valence-electron chi connectivity index (χ2n) is 3.50. The quantitative estimate of drug-likeness (QED) is 0.936. The van der Waals surface area contributed by atoms with E-state index in [2.05, 4.69) is 4.72 Å². The van der Waals surface area contributed by atoms with Gasteiger partial charge >= 0.3 is 0 Å². The molecule has 2 aromatic rings. The normalized spacial score (nSPS) is 11.7. The van der Waals surface area contributed by atoms with E-state index < -0.39 is 10.0 Å². The van der Waals surface area contributed by atoms with Crippen LogP contribution in [0.4, 0.5) is 0 Å². The highest BCUT2D eigenvalue weighted by Gasteiger charge is 2.18. The van der Waals surface area contributed by atoms with E-state index >= 15 is 0 Å². The Hall–Kier alpha value is -0.590. The Kier molecular flexibility index (Phi) is 4.29. The summed E-state index contributed by atoms with van der Waals surface area (Å²) < 4.78 is 26.8. The molecule has 96 valence electrons. The van der Waals surface area contributed by atoms with Crippen LogP contribution in [0.25, 0.3) is 0 Å². The van der Waals surface area contributed by atoms with Crippen LogP contribution < -0.4 is 4.72 Å². The van der Waals surface area contributed by atoms with Crippen LogP contribution in [0, 0.1) is 0 Å².